The van der Waals surface area contributed by atoms with Gasteiger partial charge in [-0.1, -0.05) is 0 Å². The van der Waals surface area contributed by atoms with Crippen molar-refractivity contribution in [2.45, 2.75) is 5.51 Å². The topological polar surface area (TPSA) is 54.4 Å². The molecule has 0 aromatic rings. The third-order valence-electron chi connectivity index (χ3n) is 0.292. The van der Waals surface area contributed by atoms with Crippen LogP contribution < -0.4 is 0 Å². The van der Waals surface area contributed by atoms with Crippen molar-refractivity contribution in [3.63, 3.8) is 0 Å². The average molecular weight is 271 g/mol. The second-order valence-corrected chi connectivity index (χ2v) is 2.33. The van der Waals surface area contributed by atoms with Gasteiger partial charge in [-0.15, -0.1) is 0 Å². The van der Waals surface area contributed by atoms with Crippen LogP contribution in [0.3, 0.4) is 0 Å². The van der Waals surface area contributed by atoms with Gasteiger partial charge in [0.1, 0.15) is 0 Å². The second kappa shape index (κ2) is 6.14. The number of alkyl halides is 3. The fraction of sp³-hybridized carbons (Fsp3) is 0.333. The predicted octanol–water partition coefficient (Wildman–Crippen LogP) is 1.29. The Labute approximate surface area is 82.9 Å². The first-order valence-electron chi connectivity index (χ1n) is 1.29. The zero-order valence-corrected chi connectivity index (χ0v) is 9.08. The molecule has 0 amide bonds. The molecule has 8 heteroatoms. The Bertz CT molecular complexity index is 173. The van der Waals surface area contributed by atoms with Gasteiger partial charge in [0.15, 0.2) is 0 Å². The summed E-state index contributed by atoms with van der Waals surface area (Å²) >= 11 is 0. The van der Waals surface area contributed by atoms with Crippen molar-refractivity contribution in [3.05, 3.63) is 14.9 Å². The smallest absolute Gasteiger partial charge is 0.358 e. The summed E-state index contributed by atoms with van der Waals surface area (Å²) in [4.78, 5) is 0. The van der Waals surface area contributed by atoms with E-state index in [2.05, 4.69) is 0 Å². The van der Waals surface area contributed by atoms with Crippen LogP contribution in [0.5, 0.6) is 0 Å². The largest absolute Gasteiger partial charge is 2.00 e. The summed E-state index contributed by atoms with van der Waals surface area (Å²) in [6, 6.07) is 0. The molecule has 1 N–H and O–H groups in total. The summed E-state index contributed by atoms with van der Waals surface area (Å²) in [6.07, 6.45) is 0. The molecule has 11 heavy (non-hydrogen) atoms. The Morgan fingerprint density at radius 1 is 1.09 bits per heavy atom. The molecule has 0 saturated carbocycles. The fourth-order valence-corrected chi connectivity index (χ4v) is 0. The van der Waals surface area contributed by atoms with Gasteiger partial charge in [-0.3, -0.25) is 4.55 Å². The maximum Gasteiger partial charge on any atom is 2.00 e. The van der Waals surface area contributed by atoms with Crippen LogP contribution in [0.25, 0.3) is 0 Å². The molecule has 0 aliphatic heterocycles. The first-order valence-corrected chi connectivity index (χ1v) is 2.73. The average Bonchev–Trinajstić information content (AvgIpc) is 1.25. The molecule has 0 saturated heterocycles. The van der Waals surface area contributed by atoms with E-state index in [1.807, 2.05) is 0 Å². The molecule has 0 spiro atoms. The number of hydrogen-bond donors (Lipinski definition) is 1. The van der Waals surface area contributed by atoms with Crippen molar-refractivity contribution in [1.29, 1.82) is 0 Å². The van der Waals surface area contributed by atoms with Gasteiger partial charge in [-0.25, -0.2) is 0 Å². The van der Waals surface area contributed by atoms with E-state index >= 15 is 0 Å². The molecule has 0 unspecified atom stereocenters. The zero-order chi connectivity index (χ0) is 7.00. The minimum atomic E-state index is -5.84. The van der Waals surface area contributed by atoms with Crippen LogP contribution in [0.1, 0.15) is 0 Å². The Kier molecular flexibility index (Phi) is 12.6. The molecule has 0 aliphatic carbocycles. The zero-order valence-electron chi connectivity index (χ0n) is 5.81. The summed E-state index contributed by atoms with van der Waals surface area (Å²) in [5, 5.41) is 0. The first kappa shape index (κ1) is 22.6. The molecule has 0 bridgehead atoms. The van der Waals surface area contributed by atoms with Crippen LogP contribution in [-0.4, -0.2) is 18.5 Å². The minimum Gasteiger partial charge on any atom is -0.358 e. The Morgan fingerprint density at radius 2 is 1.18 bits per heavy atom. The van der Waals surface area contributed by atoms with E-state index in [-0.39, 0.29) is 41.1 Å². The first-order chi connectivity index (χ1) is 3.25. The van der Waals surface area contributed by atoms with E-state index in [0.29, 0.717) is 0 Å². The van der Waals surface area contributed by atoms with Crippen molar-refractivity contribution in [2.24, 2.45) is 0 Å². The summed E-state index contributed by atoms with van der Waals surface area (Å²) in [5.74, 6) is 0. The Balaban J connectivity index is -0.0000000817. The molecule has 0 rings (SSSR count). The van der Waals surface area contributed by atoms with Gasteiger partial charge < -0.3 is 14.9 Å². The molecule has 0 aliphatic rings. The molecule has 3 nitrogen and oxygen atoms in total. The van der Waals surface area contributed by atoms with Crippen molar-refractivity contribution >= 4 is 10.1 Å². The quantitative estimate of drug-likeness (QED) is 0.410. The van der Waals surface area contributed by atoms with E-state index in [1.165, 1.54) is 0 Å². The normalized spacial score (nSPS) is 10.2. The molecular weight excluding hydrogens is 264 g/mol. The minimum absolute atomic E-state index is 0. The third kappa shape index (κ3) is 8.49. The Hall–Kier alpha value is 0.583. The van der Waals surface area contributed by atoms with Crippen molar-refractivity contribution < 1.29 is 52.3 Å². The van der Waals surface area contributed by atoms with Gasteiger partial charge in [0.05, 0.1) is 0 Å². The predicted molar refractivity (Wildman–Crippen MR) is 30.4 cm³/mol. The van der Waals surface area contributed by atoms with Crippen LogP contribution in [0.4, 0.5) is 13.2 Å². The van der Waals surface area contributed by atoms with E-state index < -0.39 is 15.6 Å². The molecule has 0 radical (unpaired) electrons. The molecule has 0 atom stereocenters. The van der Waals surface area contributed by atoms with Gasteiger partial charge >= 0.3 is 41.8 Å². The Morgan fingerprint density at radius 3 is 1.18 bits per heavy atom. The van der Waals surface area contributed by atoms with Crippen LogP contribution in [-0.2, 0) is 36.3 Å². The van der Waals surface area contributed by atoms with Gasteiger partial charge in [-0.05, 0) is 0 Å². The fourth-order valence-electron chi connectivity index (χ4n) is 0. The van der Waals surface area contributed by atoms with Crippen LogP contribution >= 0.6 is 0 Å². The van der Waals surface area contributed by atoms with Gasteiger partial charge in [0, 0.05) is 0 Å². The van der Waals surface area contributed by atoms with Crippen LogP contribution in [0.2, 0.25) is 0 Å². The van der Waals surface area contributed by atoms with Crippen molar-refractivity contribution in [3.8, 4) is 0 Å². The molecular formula is C3H7F3O3SZr. The number of halogens is 3. The van der Waals surface area contributed by atoms with Gasteiger partial charge in [-0.2, -0.15) is 21.6 Å². The van der Waals surface area contributed by atoms with Crippen LogP contribution in [0, 0.1) is 14.9 Å². The number of rotatable bonds is 0. The van der Waals surface area contributed by atoms with Gasteiger partial charge in [0.25, 0.3) is 0 Å². The maximum atomic E-state index is 10.7. The molecule has 0 fully saturated rings. The summed E-state index contributed by atoms with van der Waals surface area (Å²) < 4.78 is 57.5. The van der Waals surface area contributed by atoms with Crippen molar-refractivity contribution in [2.75, 3.05) is 0 Å². The van der Waals surface area contributed by atoms with E-state index in [1.54, 1.807) is 0 Å². The van der Waals surface area contributed by atoms with E-state index in [4.69, 9.17) is 13.0 Å². The maximum absolute atomic E-state index is 10.7. The van der Waals surface area contributed by atoms with E-state index in [0.717, 1.165) is 0 Å². The monoisotopic (exact) mass is 270 g/mol. The van der Waals surface area contributed by atoms with Gasteiger partial charge in [0.2, 0.25) is 0 Å². The number of hydrogen-bond acceptors (Lipinski definition) is 2. The summed E-state index contributed by atoms with van der Waals surface area (Å²) in [5.41, 5.74) is -5.53. The van der Waals surface area contributed by atoms with Crippen molar-refractivity contribution in [1.82, 2.24) is 0 Å². The standard InChI is InChI=1S/CHF3O3S.2CH3.Zr/c2-1(3,4)8(5,6)7;;;/h(H,5,6,7);2*1H3;/q;2*-1;+2. The van der Waals surface area contributed by atoms with E-state index in [9.17, 15) is 13.2 Å². The summed E-state index contributed by atoms with van der Waals surface area (Å²) in [7, 11) is -5.84. The summed E-state index contributed by atoms with van der Waals surface area (Å²) in [6.45, 7) is 0. The molecule has 68 valence electrons. The molecule has 0 heterocycles. The third-order valence-corrected chi connectivity index (χ3v) is 0.877. The molecule has 0 aromatic carbocycles. The molecule has 0 aromatic heterocycles. The SMILES string of the molecule is O=S(=O)(O)C(F)(F)F.[CH3-].[CH3-].[Zr+2]. The van der Waals surface area contributed by atoms with Crippen LogP contribution in [0.15, 0.2) is 0 Å². The second-order valence-electron chi connectivity index (χ2n) is 0.921.